The number of carbonyl (C=O) groups excluding carboxylic acids is 1. The normalized spacial score (nSPS) is 18.7. The zero-order valence-corrected chi connectivity index (χ0v) is 19.0. The van der Waals surface area contributed by atoms with E-state index >= 15 is 0 Å². The molecule has 5 heteroatoms. The predicted octanol–water partition coefficient (Wildman–Crippen LogP) is 7.08. The molecule has 31 heavy (non-hydrogen) atoms. The van der Waals surface area contributed by atoms with Crippen LogP contribution in [0.5, 0.6) is 0 Å². The molecule has 1 aromatic heterocycles. The minimum absolute atomic E-state index is 0.175. The Morgan fingerprint density at radius 2 is 1.94 bits per heavy atom. The maximum atomic E-state index is 14.1. The molecule has 0 radical (unpaired) electrons. The number of benzene rings is 2. The molecule has 0 amide bonds. The van der Waals surface area contributed by atoms with E-state index in [1.54, 1.807) is 24.1 Å². The van der Waals surface area contributed by atoms with E-state index in [-0.39, 0.29) is 11.2 Å². The highest BCUT2D eigenvalue weighted by atomic mass is 32.2. The number of rotatable bonds is 4. The number of hydrogen-bond donors (Lipinski definition) is 1. The molecule has 1 fully saturated rings. The molecule has 1 saturated carbocycles. The van der Waals surface area contributed by atoms with Gasteiger partial charge in [0.2, 0.25) is 0 Å². The van der Waals surface area contributed by atoms with Crippen molar-refractivity contribution in [2.24, 2.45) is 5.41 Å². The van der Waals surface area contributed by atoms with Crippen molar-refractivity contribution in [2.75, 3.05) is 11.1 Å². The van der Waals surface area contributed by atoms with E-state index in [1.807, 2.05) is 18.2 Å². The van der Waals surface area contributed by atoms with Crippen LogP contribution in [-0.2, 0) is 6.42 Å². The summed E-state index contributed by atoms with van der Waals surface area (Å²) in [4.78, 5) is 11.7. The van der Waals surface area contributed by atoms with Gasteiger partial charge in [0, 0.05) is 39.7 Å². The second-order valence-electron chi connectivity index (χ2n) is 9.79. The molecule has 3 nitrogen and oxygen atoms in total. The molecular formula is C26H29FN2OS. The van der Waals surface area contributed by atoms with Crippen molar-refractivity contribution in [1.82, 2.24) is 3.97 Å². The van der Waals surface area contributed by atoms with Gasteiger partial charge in [-0.25, -0.2) is 4.39 Å². The van der Waals surface area contributed by atoms with E-state index in [0.29, 0.717) is 11.6 Å². The van der Waals surface area contributed by atoms with Gasteiger partial charge in [0.1, 0.15) is 5.82 Å². The molecule has 2 heterocycles. The van der Waals surface area contributed by atoms with Crippen molar-refractivity contribution < 1.29 is 9.18 Å². The summed E-state index contributed by atoms with van der Waals surface area (Å²) in [6, 6.07) is 11.6. The average molecular weight is 437 g/mol. The fourth-order valence-electron chi connectivity index (χ4n) is 5.07. The Morgan fingerprint density at radius 1 is 1.13 bits per heavy atom. The summed E-state index contributed by atoms with van der Waals surface area (Å²) < 4.78 is 16.3. The Kier molecular flexibility index (Phi) is 5.33. The summed E-state index contributed by atoms with van der Waals surface area (Å²) in [5, 5.41) is 4.73. The van der Waals surface area contributed by atoms with Crippen molar-refractivity contribution in [3.63, 3.8) is 0 Å². The van der Waals surface area contributed by atoms with Gasteiger partial charge in [-0.2, -0.15) is 0 Å². The smallest absolute Gasteiger partial charge is 0.152 e. The number of nitrogens with zero attached hydrogens (tertiary/aromatic N) is 1. The molecule has 1 aliphatic heterocycles. The van der Waals surface area contributed by atoms with Crippen LogP contribution in [0.1, 0.15) is 62.0 Å². The second-order valence-corrected chi connectivity index (χ2v) is 10.7. The van der Waals surface area contributed by atoms with Crippen molar-refractivity contribution in [3.8, 4) is 11.1 Å². The summed E-state index contributed by atoms with van der Waals surface area (Å²) in [6.45, 7) is 4.58. The third-order valence-electron chi connectivity index (χ3n) is 6.65. The van der Waals surface area contributed by atoms with E-state index in [0.717, 1.165) is 53.5 Å². The maximum Gasteiger partial charge on any atom is 0.152 e. The van der Waals surface area contributed by atoms with E-state index < -0.39 is 0 Å². The monoisotopic (exact) mass is 436 g/mol. The van der Waals surface area contributed by atoms with E-state index in [2.05, 4.69) is 29.2 Å². The number of aldehydes is 1. The zero-order valence-electron chi connectivity index (χ0n) is 18.2. The number of hydrogen-bond acceptors (Lipinski definition) is 3. The second kappa shape index (κ2) is 8.01. The molecule has 2 aromatic carbocycles. The molecule has 1 aliphatic carbocycles. The molecule has 3 aromatic rings. The van der Waals surface area contributed by atoms with Gasteiger partial charge in [0.05, 0.1) is 5.52 Å². The summed E-state index contributed by atoms with van der Waals surface area (Å²) in [5.41, 5.74) is 6.22. The van der Waals surface area contributed by atoms with E-state index in [9.17, 15) is 9.18 Å². The molecular weight excluding hydrogens is 407 g/mol. The lowest BCUT2D eigenvalue weighted by Crippen LogP contribution is -2.25. The highest BCUT2D eigenvalue weighted by Crippen LogP contribution is 2.45. The summed E-state index contributed by atoms with van der Waals surface area (Å²) in [7, 11) is 0. The summed E-state index contributed by atoms with van der Waals surface area (Å²) in [5.74, 6) is 0.791. The molecule has 5 rings (SSSR count). The number of halogens is 1. The number of anilines is 1. The predicted molar refractivity (Wildman–Crippen MR) is 129 cm³/mol. The van der Waals surface area contributed by atoms with Gasteiger partial charge >= 0.3 is 0 Å². The largest absolute Gasteiger partial charge is 0.382 e. The molecule has 0 saturated heterocycles. The van der Waals surface area contributed by atoms with Crippen LogP contribution >= 0.6 is 11.9 Å². The number of carbonyl (C=O) groups is 1. The maximum absolute atomic E-state index is 14.1. The van der Waals surface area contributed by atoms with Crippen LogP contribution in [0.25, 0.3) is 22.0 Å². The van der Waals surface area contributed by atoms with Gasteiger partial charge in [-0.15, -0.1) is 0 Å². The van der Waals surface area contributed by atoms with E-state index in [4.69, 9.17) is 0 Å². The molecule has 1 N–H and O–H groups in total. The minimum Gasteiger partial charge on any atom is -0.382 e. The third kappa shape index (κ3) is 3.89. The lowest BCUT2D eigenvalue weighted by Gasteiger charge is -2.31. The Hall–Kier alpha value is -2.27. The Balaban J connectivity index is 1.65. The minimum atomic E-state index is -0.208. The average Bonchev–Trinajstić information content (AvgIpc) is 3.05. The van der Waals surface area contributed by atoms with Crippen molar-refractivity contribution in [1.29, 1.82) is 0 Å². The van der Waals surface area contributed by atoms with Crippen LogP contribution in [0.2, 0.25) is 0 Å². The van der Waals surface area contributed by atoms with Crippen molar-refractivity contribution >= 4 is 34.8 Å². The first kappa shape index (κ1) is 20.6. The number of fused-ring (bicyclic) bond motifs is 3. The lowest BCUT2D eigenvalue weighted by molar-refractivity contribution is 0.112. The van der Waals surface area contributed by atoms with Gasteiger partial charge in [-0.1, -0.05) is 39.2 Å². The molecule has 2 aliphatic rings. The standard InChI is InChI=1S/C26H29FN2OS/c1-26(2)14-24-25(21-11-10-19(27)13-23(21)29(24)31-16-26)17-8-9-18(15-30)22(12-17)28-20-6-4-3-5-7-20/h8-13,15,20,28H,3-7,14,16H2,1-2H3. The van der Waals surface area contributed by atoms with Crippen LogP contribution in [0, 0.1) is 11.2 Å². The molecule has 0 bridgehead atoms. The molecule has 0 unspecified atom stereocenters. The zero-order chi connectivity index (χ0) is 21.6. The number of nitrogens with one attached hydrogen (secondary N) is 1. The molecule has 162 valence electrons. The Morgan fingerprint density at radius 3 is 2.71 bits per heavy atom. The first-order valence-electron chi connectivity index (χ1n) is 11.3. The van der Waals surface area contributed by atoms with Gasteiger partial charge in [-0.05, 0) is 72.5 Å². The summed E-state index contributed by atoms with van der Waals surface area (Å²) in [6.07, 6.45) is 7.95. The first-order chi connectivity index (χ1) is 14.9. The van der Waals surface area contributed by atoms with Crippen molar-refractivity contribution in [2.45, 2.75) is 58.4 Å². The Bertz CT molecular complexity index is 1140. The SMILES string of the molecule is CC1(C)CSn2c(c(-c3ccc(C=O)c(NC4CCCCC4)c3)c3ccc(F)cc32)C1. The van der Waals surface area contributed by atoms with Gasteiger partial charge in [0.15, 0.2) is 6.29 Å². The van der Waals surface area contributed by atoms with Crippen LogP contribution in [0.15, 0.2) is 36.4 Å². The molecule has 0 atom stereocenters. The van der Waals surface area contributed by atoms with Crippen LogP contribution in [-0.4, -0.2) is 22.1 Å². The first-order valence-corrected chi connectivity index (χ1v) is 12.2. The number of aromatic nitrogens is 1. The van der Waals surface area contributed by atoms with E-state index in [1.165, 1.54) is 30.5 Å². The van der Waals surface area contributed by atoms with Crippen LogP contribution < -0.4 is 5.32 Å². The van der Waals surface area contributed by atoms with Crippen LogP contribution in [0.3, 0.4) is 0 Å². The molecule has 0 spiro atoms. The Labute approximate surface area is 187 Å². The summed E-state index contributed by atoms with van der Waals surface area (Å²) >= 11 is 1.77. The van der Waals surface area contributed by atoms with Gasteiger partial charge in [-0.3, -0.25) is 8.77 Å². The fourth-order valence-corrected chi connectivity index (χ4v) is 6.25. The highest BCUT2D eigenvalue weighted by Gasteiger charge is 2.31. The quantitative estimate of drug-likeness (QED) is 0.444. The van der Waals surface area contributed by atoms with Gasteiger partial charge < -0.3 is 5.32 Å². The topological polar surface area (TPSA) is 34.0 Å². The van der Waals surface area contributed by atoms with Crippen molar-refractivity contribution in [3.05, 3.63) is 53.5 Å². The lowest BCUT2D eigenvalue weighted by atomic mass is 9.87. The third-order valence-corrected chi connectivity index (χ3v) is 8.23. The van der Waals surface area contributed by atoms with Gasteiger partial charge in [0.25, 0.3) is 0 Å². The highest BCUT2D eigenvalue weighted by molar-refractivity contribution is 7.98. The fraction of sp³-hybridized carbons (Fsp3) is 0.423. The van der Waals surface area contributed by atoms with Crippen LogP contribution in [0.4, 0.5) is 10.1 Å².